The number of nitrogens with two attached hydrogens (primary N) is 1. The number of anilines is 1. The van der Waals surface area contributed by atoms with Crippen molar-refractivity contribution in [3.63, 3.8) is 0 Å². The molecule has 1 fully saturated rings. The number of piperidine rings is 1. The third-order valence-electron chi connectivity index (χ3n) is 2.97. The molecule has 0 aliphatic carbocycles. The SMILES string of the molecule is NS(=O)(=O)c1ccc(NC2CCNCC2)c(F)c1. The Hall–Kier alpha value is -1.18. The Labute approximate surface area is 106 Å². The number of sulfonamides is 1. The van der Waals surface area contributed by atoms with Gasteiger partial charge >= 0.3 is 0 Å². The summed E-state index contributed by atoms with van der Waals surface area (Å²) in [5.41, 5.74) is 0.314. The standard InChI is InChI=1S/C11H16FN3O2S/c12-10-7-9(18(13,16)17)1-2-11(10)15-8-3-5-14-6-4-8/h1-2,7-8,14-15H,3-6H2,(H2,13,16,17). The molecule has 1 aromatic carbocycles. The van der Waals surface area contributed by atoms with Crippen molar-refractivity contribution in [3.05, 3.63) is 24.0 Å². The fraction of sp³-hybridized carbons (Fsp3) is 0.455. The molecule has 5 nitrogen and oxygen atoms in total. The fourth-order valence-corrected chi connectivity index (χ4v) is 2.50. The van der Waals surface area contributed by atoms with Gasteiger partial charge in [0.25, 0.3) is 0 Å². The van der Waals surface area contributed by atoms with Crippen LogP contribution in [0.15, 0.2) is 23.1 Å². The molecule has 0 spiro atoms. The van der Waals surface area contributed by atoms with Crippen molar-refractivity contribution in [1.82, 2.24) is 5.32 Å². The van der Waals surface area contributed by atoms with Crippen molar-refractivity contribution >= 4 is 15.7 Å². The van der Waals surface area contributed by atoms with Gasteiger partial charge in [0.15, 0.2) is 0 Å². The number of primary sulfonamides is 1. The minimum atomic E-state index is -3.85. The van der Waals surface area contributed by atoms with Gasteiger partial charge in [-0.3, -0.25) is 0 Å². The highest BCUT2D eigenvalue weighted by atomic mass is 32.2. The Morgan fingerprint density at radius 1 is 1.33 bits per heavy atom. The van der Waals surface area contributed by atoms with E-state index in [1.54, 1.807) is 0 Å². The summed E-state index contributed by atoms with van der Waals surface area (Å²) < 4.78 is 35.9. The van der Waals surface area contributed by atoms with Gasteiger partial charge in [-0.15, -0.1) is 0 Å². The van der Waals surface area contributed by atoms with E-state index in [0.29, 0.717) is 5.69 Å². The Morgan fingerprint density at radius 2 is 2.00 bits per heavy atom. The number of hydrogen-bond acceptors (Lipinski definition) is 4. The zero-order valence-corrected chi connectivity index (χ0v) is 10.6. The van der Waals surface area contributed by atoms with Crippen LogP contribution in [-0.2, 0) is 10.0 Å². The maximum atomic E-state index is 13.7. The predicted molar refractivity (Wildman–Crippen MR) is 67.3 cm³/mol. The Morgan fingerprint density at radius 3 is 2.56 bits per heavy atom. The molecular formula is C11H16FN3O2S. The monoisotopic (exact) mass is 273 g/mol. The van der Waals surface area contributed by atoms with Crippen molar-refractivity contribution in [2.24, 2.45) is 5.14 Å². The molecule has 0 bridgehead atoms. The first-order valence-corrected chi connectivity index (χ1v) is 7.31. The highest BCUT2D eigenvalue weighted by Crippen LogP contribution is 2.20. The first-order chi connectivity index (χ1) is 8.47. The maximum Gasteiger partial charge on any atom is 0.238 e. The summed E-state index contributed by atoms with van der Waals surface area (Å²) in [6, 6.07) is 3.87. The van der Waals surface area contributed by atoms with Gasteiger partial charge in [-0.05, 0) is 44.1 Å². The van der Waals surface area contributed by atoms with E-state index in [2.05, 4.69) is 10.6 Å². The van der Waals surface area contributed by atoms with E-state index in [9.17, 15) is 12.8 Å². The molecule has 18 heavy (non-hydrogen) atoms. The van der Waals surface area contributed by atoms with Crippen molar-refractivity contribution < 1.29 is 12.8 Å². The van der Waals surface area contributed by atoms with E-state index in [4.69, 9.17) is 5.14 Å². The topological polar surface area (TPSA) is 84.2 Å². The average Bonchev–Trinajstić information content (AvgIpc) is 2.32. The molecule has 0 unspecified atom stereocenters. The van der Waals surface area contributed by atoms with Gasteiger partial charge in [-0.2, -0.15) is 0 Å². The molecule has 1 aliphatic rings. The van der Waals surface area contributed by atoms with E-state index < -0.39 is 15.8 Å². The molecule has 0 amide bonds. The van der Waals surface area contributed by atoms with Crippen molar-refractivity contribution in [1.29, 1.82) is 0 Å². The molecule has 100 valence electrons. The molecule has 4 N–H and O–H groups in total. The number of benzene rings is 1. The Bertz CT molecular complexity index is 527. The van der Waals surface area contributed by atoms with Crippen LogP contribution < -0.4 is 15.8 Å². The van der Waals surface area contributed by atoms with Crippen LogP contribution >= 0.6 is 0 Å². The van der Waals surface area contributed by atoms with Crippen LogP contribution in [0.5, 0.6) is 0 Å². The summed E-state index contributed by atoms with van der Waals surface area (Å²) in [7, 11) is -3.85. The Kier molecular flexibility index (Phi) is 3.84. The highest BCUT2D eigenvalue weighted by molar-refractivity contribution is 7.89. The van der Waals surface area contributed by atoms with Gasteiger partial charge in [0.05, 0.1) is 10.6 Å². The van der Waals surface area contributed by atoms with E-state index in [1.165, 1.54) is 12.1 Å². The maximum absolute atomic E-state index is 13.7. The highest BCUT2D eigenvalue weighted by Gasteiger charge is 2.16. The Balaban J connectivity index is 2.14. The largest absolute Gasteiger partial charge is 0.380 e. The lowest BCUT2D eigenvalue weighted by atomic mass is 10.1. The van der Waals surface area contributed by atoms with Gasteiger partial charge in [-0.1, -0.05) is 0 Å². The quantitative estimate of drug-likeness (QED) is 0.754. The van der Waals surface area contributed by atoms with Gasteiger partial charge in [-0.25, -0.2) is 17.9 Å². The van der Waals surface area contributed by atoms with Crippen LogP contribution in [0.4, 0.5) is 10.1 Å². The van der Waals surface area contributed by atoms with Crippen LogP contribution in [-0.4, -0.2) is 27.5 Å². The third-order valence-corrected chi connectivity index (χ3v) is 3.88. The van der Waals surface area contributed by atoms with Crippen LogP contribution in [0, 0.1) is 5.82 Å². The number of halogens is 1. The smallest absolute Gasteiger partial charge is 0.238 e. The van der Waals surface area contributed by atoms with E-state index in [0.717, 1.165) is 32.0 Å². The van der Waals surface area contributed by atoms with Gasteiger partial charge < -0.3 is 10.6 Å². The van der Waals surface area contributed by atoms with Crippen LogP contribution in [0.2, 0.25) is 0 Å². The normalized spacial score (nSPS) is 17.7. The zero-order chi connectivity index (χ0) is 13.2. The van der Waals surface area contributed by atoms with E-state index >= 15 is 0 Å². The molecule has 0 atom stereocenters. The fourth-order valence-electron chi connectivity index (χ4n) is 1.98. The van der Waals surface area contributed by atoms with Crippen LogP contribution in [0.1, 0.15) is 12.8 Å². The molecule has 7 heteroatoms. The predicted octanol–water partition coefficient (Wildman–Crippen LogP) is 0.637. The van der Waals surface area contributed by atoms with E-state index in [-0.39, 0.29) is 10.9 Å². The molecule has 0 radical (unpaired) electrons. The number of hydrogen-bond donors (Lipinski definition) is 3. The minimum Gasteiger partial charge on any atom is -0.380 e. The first-order valence-electron chi connectivity index (χ1n) is 5.76. The second-order valence-electron chi connectivity index (χ2n) is 4.36. The first kappa shape index (κ1) is 13.3. The average molecular weight is 273 g/mol. The molecule has 0 aromatic heterocycles. The summed E-state index contributed by atoms with van der Waals surface area (Å²) in [4.78, 5) is -0.212. The zero-order valence-electron chi connectivity index (χ0n) is 9.82. The molecule has 1 aliphatic heterocycles. The number of nitrogens with one attached hydrogen (secondary N) is 2. The molecular weight excluding hydrogens is 257 g/mol. The number of rotatable bonds is 3. The van der Waals surface area contributed by atoms with Gasteiger partial charge in [0.1, 0.15) is 5.82 Å². The van der Waals surface area contributed by atoms with Gasteiger partial charge in [0.2, 0.25) is 10.0 Å². The molecule has 1 saturated heterocycles. The lowest BCUT2D eigenvalue weighted by Gasteiger charge is -2.24. The molecule has 0 saturated carbocycles. The summed E-state index contributed by atoms with van der Waals surface area (Å²) >= 11 is 0. The van der Waals surface area contributed by atoms with Gasteiger partial charge in [0, 0.05) is 6.04 Å². The van der Waals surface area contributed by atoms with Crippen LogP contribution in [0.25, 0.3) is 0 Å². The summed E-state index contributed by atoms with van der Waals surface area (Å²) in [6.07, 6.45) is 1.83. The molecule has 1 heterocycles. The van der Waals surface area contributed by atoms with Crippen molar-refractivity contribution in [2.45, 2.75) is 23.8 Å². The van der Waals surface area contributed by atoms with Crippen molar-refractivity contribution in [3.8, 4) is 0 Å². The molecule has 2 rings (SSSR count). The summed E-state index contributed by atoms with van der Waals surface area (Å²) in [5.74, 6) is -0.597. The summed E-state index contributed by atoms with van der Waals surface area (Å²) in [5, 5.41) is 11.2. The summed E-state index contributed by atoms with van der Waals surface area (Å²) in [6.45, 7) is 1.79. The lowest BCUT2D eigenvalue weighted by molar-refractivity contribution is 0.476. The van der Waals surface area contributed by atoms with Crippen LogP contribution in [0.3, 0.4) is 0 Å². The van der Waals surface area contributed by atoms with E-state index in [1.807, 2.05) is 0 Å². The second-order valence-corrected chi connectivity index (χ2v) is 5.92. The van der Waals surface area contributed by atoms with Crippen molar-refractivity contribution in [2.75, 3.05) is 18.4 Å². The lowest BCUT2D eigenvalue weighted by Crippen LogP contribution is -2.35. The molecule has 1 aromatic rings. The second kappa shape index (κ2) is 5.21. The minimum absolute atomic E-state index is 0.209. The third kappa shape index (κ3) is 3.18.